The number of anilines is 1. The fourth-order valence-corrected chi connectivity index (χ4v) is 1.45. The van der Waals surface area contributed by atoms with Gasteiger partial charge in [-0.2, -0.15) is 0 Å². The van der Waals surface area contributed by atoms with Gasteiger partial charge in [-0.25, -0.2) is 4.79 Å². The van der Waals surface area contributed by atoms with E-state index in [2.05, 4.69) is 5.32 Å². The predicted molar refractivity (Wildman–Crippen MR) is 72.4 cm³/mol. The summed E-state index contributed by atoms with van der Waals surface area (Å²) in [7, 11) is 1.51. The molecule has 5 nitrogen and oxygen atoms in total. The van der Waals surface area contributed by atoms with Crippen LogP contribution in [-0.2, 0) is 9.59 Å². The lowest BCUT2D eigenvalue weighted by Gasteiger charge is -2.11. The van der Waals surface area contributed by atoms with E-state index in [0.29, 0.717) is 11.4 Å². The highest BCUT2D eigenvalue weighted by Gasteiger charge is 2.14. The van der Waals surface area contributed by atoms with Crippen LogP contribution in [0.25, 0.3) is 0 Å². The van der Waals surface area contributed by atoms with Crippen molar-refractivity contribution < 1.29 is 19.4 Å². The lowest BCUT2D eigenvalue weighted by Crippen LogP contribution is -2.16. The summed E-state index contributed by atoms with van der Waals surface area (Å²) >= 11 is 0. The molecule has 1 aromatic carbocycles. The largest absolute Gasteiger partial charge is 0.495 e. The van der Waals surface area contributed by atoms with Crippen LogP contribution in [0.1, 0.15) is 19.4 Å². The minimum Gasteiger partial charge on any atom is -0.495 e. The average molecular weight is 263 g/mol. The smallest absolute Gasteiger partial charge is 0.331 e. The number of benzene rings is 1. The summed E-state index contributed by atoms with van der Waals surface area (Å²) in [6.45, 7) is 4.77. The van der Waals surface area contributed by atoms with E-state index in [1.54, 1.807) is 12.1 Å². The van der Waals surface area contributed by atoms with Gasteiger partial charge in [0.1, 0.15) is 5.75 Å². The number of carbonyl (C=O) groups is 2. The molecule has 0 aliphatic rings. The van der Waals surface area contributed by atoms with Gasteiger partial charge >= 0.3 is 5.97 Å². The Morgan fingerprint density at radius 3 is 2.37 bits per heavy atom. The van der Waals surface area contributed by atoms with Crippen LogP contribution in [0.15, 0.2) is 29.3 Å². The molecule has 2 N–H and O–H groups in total. The zero-order chi connectivity index (χ0) is 14.6. The number of amides is 1. The first kappa shape index (κ1) is 14.8. The molecule has 102 valence electrons. The maximum Gasteiger partial charge on any atom is 0.331 e. The summed E-state index contributed by atoms with van der Waals surface area (Å²) < 4.78 is 5.17. The highest BCUT2D eigenvalue weighted by Crippen LogP contribution is 2.25. The predicted octanol–water partition coefficient (Wildman–Crippen LogP) is 2.36. The lowest BCUT2D eigenvalue weighted by molar-refractivity contribution is -0.133. The minimum absolute atomic E-state index is 0.0172. The first-order valence-electron chi connectivity index (χ1n) is 5.73. The van der Waals surface area contributed by atoms with Gasteiger partial charge in [-0.3, -0.25) is 4.79 Å². The molecule has 0 aromatic heterocycles. The van der Waals surface area contributed by atoms with Crippen molar-refractivity contribution in [3.05, 3.63) is 34.9 Å². The second-order valence-electron chi connectivity index (χ2n) is 4.21. The van der Waals surface area contributed by atoms with Gasteiger partial charge in [-0.05, 0) is 38.5 Å². The first-order valence-corrected chi connectivity index (χ1v) is 5.73. The molecule has 19 heavy (non-hydrogen) atoms. The van der Waals surface area contributed by atoms with Gasteiger partial charge in [-0.1, -0.05) is 6.07 Å². The number of carbonyl (C=O) groups excluding carboxylic acids is 1. The van der Waals surface area contributed by atoms with E-state index in [-0.39, 0.29) is 11.1 Å². The third kappa shape index (κ3) is 3.58. The number of aliphatic carboxylic acids is 1. The molecular weight excluding hydrogens is 246 g/mol. The van der Waals surface area contributed by atoms with E-state index in [9.17, 15) is 9.59 Å². The molecule has 1 rings (SSSR count). The van der Waals surface area contributed by atoms with Gasteiger partial charge in [0.2, 0.25) is 0 Å². The molecule has 1 amide bonds. The summed E-state index contributed by atoms with van der Waals surface area (Å²) in [6.07, 6.45) is 0. The Bertz CT molecular complexity index is 546. The molecule has 0 fully saturated rings. The van der Waals surface area contributed by atoms with Crippen molar-refractivity contribution in [3.63, 3.8) is 0 Å². The van der Waals surface area contributed by atoms with Crippen molar-refractivity contribution in [1.82, 2.24) is 0 Å². The van der Waals surface area contributed by atoms with Crippen LogP contribution in [0.4, 0.5) is 5.69 Å². The zero-order valence-corrected chi connectivity index (χ0v) is 11.4. The third-order valence-electron chi connectivity index (χ3n) is 2.83. The van der Waals surface area contributed by atoms with E-state index in [1.807, 2.05) is 13.0 Å². The number of carboxylic acid groups (broad SMARTS) is 1. The molecule has 0 heterocycles. The number of carboxylic acids is 1. The molecule has 5 heteroatoms. The van der Waals surface area contributed by atoms with E-state index in [1.165, 1.54) is 21.0 Å². The molecule has 0 unspecified atom stereocenters. The van der Waals surface area contributed by atoms with Gasteiger partial charge in [0.15, 0.2) is 0 Å². The Hall–Kier alpha value is -2.30. The van der Waals surface area contributed by atoms with Gasteiger partial charge in [0.25, 0.3) is 5.91 Å². The number of rotatable bonds is 4. The number of aryl methyl sites for hydroxylation is 1. The molecular formula is C14H17NO4. The molecule has 0 spiro atoms. The van der Waals surface area contributed by atoms with Crippen molar-refractivity contribution in [1.29, 1.82) is 0 Å². The minimum atomic E-state index is -1.11. The fraction of sp³-hybridized carbons (Fsp3) is 0.286. The molecule has 0 saturated heterocycles. The van der Waals surface area contributed by atoms with Crippen LogP contribution in [0.5, 0.6) is 5.75 Å². The zero-order valence-electron chi connectivity index (χ0n) is 11.4. The van der Waals surface area contributed by atoms with Gasteiger partial charge in [0.05, 0.1) is 12.8 Å². The summed E-state index contributed by atoms with van der Waals surface area (Å²) in [6, 6.07) is 5.34. The molecule has 0 saturated carbocycles. The number of nitrogens with one attached hydrogen (secondary N) is 1. The summed E-state index contributed by atoms with van der Waals surface area (Å²) in [5.74, 6) is -1.03. The Morgan fingerprint density at radius 2 is 1.84 bits per heavy atom. The SMILES string of the molecule is COc1cc(C)ccc1NC(=O)C(C)=C(C)C(=O)O. The van der Waals surface area contributed by atoms with Crippen LogP contribution in [0, 0.1) is 6.92 Å². The van der Waals surface area contributed by atoms with E-state index >= 15 is 0 Å². The fourth-order valence-electron chi connectivity index (χ4n) is 1.45. The van der Waals surface area contributed by atoms with Crippen LogP contribution in [0.2, 0.25) is 0 Å². The topological polar surface area (TPSA) is 75.6 Å². The van der Waals surface area contributed by atoms with E-state index in [0.717, 1.165) is 5.56 Å². The highest BCUT2D eigenvalue weighted by molar-refractivity contribution is 6.08. The van der Waals surface area contributed by atoms with Crippen molar-refractivity contribution in [2.75, 3.05) is 12.4 Å². The normalized spacial score (nSPS) is 11.6. The maximum atomic E-state index is 11.9. The first-order chi connectivity index (χ1) is 8.86. The second-order valence-corrected chi connectivity index (χ2v) is 4.21. The second kappa shape index (κ2) is 6.04. The van der Waals surface area contributed by atoms with Crippen molar-refractivity contribution in [2.24, 2.45) is 0 Å². The van der Waals surface area contributed by atoms with Crippen molar-refractivity contribution >= 4 is 17.6 Å². The Morgan fingerprint density at radius 1 is 1.21 bits per heavy atom. The highest BCUT2D eigenvalue weighted by atomic mass is 16.5. The molecule has 1 aromatic rings. The van der Waals surface area contributed by atoms with Crippen molar-refractivity contribution in [3.8, 4) is 5.75 Å². The van der Waals surface area contributed by atoms with Crippen molar-refractivity contribution in [2.45, 2.75) is 20.8 Å². The third-order valence-corrected chi connectivity index (χ3v) is 2.83. The lowest BCUT2D eigenvalue weighted by atomic mass is 10.1. The number of hydrogen-bond acceptors (Lipinski definition) is 3. The van der Waals surface area contributed by atoms with Crippen LogP contribution in [0.3, 0.4) is 0 Å². The molecule has 0 bridgehead atoms. The van der Waals surface area contributed by atoms with Crippen LogP contribution < -0.4 is 10.1 Å². The van der Waals surface area contributed by atoms with Gasteiger partial charge in [-0.15, -0.1) is 0 Å². The monoisotopic (exact) mass is 263 g/mol. The summed E-state index contributed by atoms with van der Waals surface area (Å²) in [5.41, 5.74) is 1.69. The average Bonchev–Trinajstić information content (AvgIpc) is 2.38. The number of ether oxygens (including phenoxy) is 1. The summed E-state index contributed by atoms with van der Waals surface area (Å²) in [5, 5.41) is 11.5. The standard InChI is InChI=1S/C14H17NO4/c1-8-5-6-11(12(7-8)19-4)15-13(16)9(2)10(3)14(17)18/h5-7H,1-4H3,(H,15,16)(H,17,18). The quantitative estimate of drug-likeness (QED) is 0.818. The number of hydrogen-bond donors (Lipinski definition) is 2. The van der Waals surface area contributed by atoms with E-state index < -0.39 is 11.9 Å². The van der Waals surface area contributed by atoms with Crippen LogP contribution in [-0.4, -0.2) is 24.1 Å². The molecule has 0 radical (unpaired) electrons. The van der Waals surface area contributed by atoms with Crippen LogP contribution >= 0.6 is 0 Å². The Labute approximate surface area is 111 Å². The molecule has 0 aliphatic heterocycles. The maximum absolute atomic E-state index is 11.9. The van der Waals surface area contributed by atoms with Gasteiger partial charge < -0.3 is 15.2 Å². The molecule has 0 aliphatic carbocycles. The Balaban J connectivity index is 3.01. The Kier molecular flexibility index (Phi) is 4.69. The van der Waals surface area contributed by atoms with E-state index in [4.69, 9.17) is 9.84 Å². The number of methoxy groups -OCH3 is 1. The van der Waals surface area contributed by atoms with Gasteiger partial charge in [0, 0.05) is 11.1 Å². The summed E-state index contributed by atoms with van der Waals surface area (Å²) in [4.78, 5) is 22.7. The molecule has 0 atom stereocenters.